The van der Waals surface area contributed by atoms with Crippen LogP contribution in [-0.4, -0.2) is 38.1 Å². The zero-order chi connectivity index (χ0) is 21.4. The number of aromatic nitrogens is 1. The van der Waals surface area contributed by atoms with Crippen molar-refractivity contribution in [3.63, 3.8) is 0 Å². The van der Waals surface area contributed by atoms with Gasteiger partial charge in [0, 0.05) is 18.3 Å². The lowest BCUT2D eigenvalue weighted by atomic mass is 9.85. The van der Waals surface area contributed by atoms with E-state index in [2.05, 4.69) is 4.98 Å². The maximum absolute atomic E-state index is 13.0. The van der Waals surface area contributed by atoms with Crippen LogP contribution >= 0.6 is 0 Å². The van der Waals surface area contributed by atoms with Gasteiger partial charge < -0.3 is 9.84 Å². The van der Waals surface area contributed by atoms with Gasteiger partial charge in [0.15, 0.2) is 0 Å². The lowest BCUT2D eigenvalue weighted by Crippen LogP contribution is -2.29. The Morgan fingerprint density at radius 3 is 2.45 bits per heavy atom. The maximum Gasteiger partial charge on any atom is 0.332 e. The van der Waals surface area contributed by atoms with Gasteiger partial charge in [0.05, 0.1) is 12.0 Å². The Hall–Kier alpha value is -2.87. The van der Waals surface area contributed by atoms with Gasteiger partial charge >= 0.3 is 5.97 Å². The average Bonchev–Trinajstić information content (AvgIpc) is 3.09. The highest BCUT2D eigenvalue weighted by atomic mass is 32.2. The minimum atomic E-state index is -3.74. The van der Waals surface area contributed by atoms with Gasteiger partial charge in [-0.2, -0.15) is 0 Å². The highest BCUT2D eigenvalue weighted by Gasteiger charge is 2.32. The van der Waals surface area contributed by atoms with Crippen LogP contribution in [-0.2, 0) is 21.2 Å². The summed E-state index contributed by atoms with van der Waals surface area (Å²) in [6.07, 6.45) is 3.61. The van der Waals surface area contributed by atoms with Gasteiger partial charge in [-0.15, -0.1) is 0 Å². The van der Waals surface area contributed by atoms with E-state index in [4.69, 9.17) is 4.74 Å². The molecule has 29 heavy (non-hydrogen) atoms. The first kappa shape index (κ1) is 20.9. The van der Waals surface area contributed by atoms with Crippen molar-refractivity contribution in [2.24, 2.45) is 5.41 Å². The maximum atomic E-state index is 13.0. The molecule has 1 aliphatic rings. The van der Waals surface area contributed by atoms with Crippen molar-refractivity contribution < 1.29 is 23.1 Å². The molecule has 2 heterocycles. The summed E-state index contributed by atoms with van der Waals surface area (Å²) in [5.74, 6) is -0.0271. The number of carboxylic acids is 1. The zero-order valence-corrected chi connectivity index (χ0v) is 17.7. The molecule has 3 rings (SSSR count). The highest BCUT2D eigenvalue weighted by molar-refractivity contribution is 7.92. The summed E-state index contributed by atoms with van der Waals surface area (Å²) in [5, 5.41) is 9.49. The molecule has 2 aromatic rings. The van der Waals surface area contributed by atoms with Gasteiger partial charge in [0.2, 0.25) is 0 Å². The molecule has 0 saturated carbocycles. The Bertz CT molecular complexity index is 1070. The van der Waals surface area contributed by atoms with Crippen LogP contribution in [0.1, 0.15) is 31.9 Å². The van der Waals surface area contributed by atoms with Gasteiger partial charge in [0.1, 0.15) is 11.6 Å². The molecule has 0 fully saturated rings. The predicted octanol–water partition coefficient (Wildman–Crippen LogP) is 3.36. The van der Waals surface area contributed by atoms with E-state index < -0.39 is 21.4 Å². The molecule has 0 atom stereocenters. The van der Waals surface area contributed by atoms with Crippen LogP contribution in [0.2, 0.25) is 0 Å². The van der Waals surface area contributed by atoms with E-state index in [1.54, 1.807) is 24.3 Å². The number of sulfonamides is 1. The molecule has 7 nitrogen and oxygen atoms in total. The molecular formula is C21H24N2O5S. The number of carboxylic acid groups (broad SMARTS) is 1. The minimum absolute atomic E-state index is 0.165. The van der Waals surface area contributed by atoms with Crippen LogP contribution in [0.25, 0.3) is 6.08 Å². The standard InChI is InChI=1S/C21H24N2O5S/c1-21(2,3)18(20(24)25)12-14-11-15-9-10-23(19(15)22-13-14)29(26,27)17-7-5-16(28-4)6-8-17/h5-8,11-13H,9-10H2,1-4H3,(H,24,25). The van der Waals surface area contributed by atoms with Crippen LogP contribution in [0.4, 0.5) is 5.82 Å². The molecule has 0 saturated heterocycles. The summed E-state index contributed by atoms with van der Waals surface area (Å²) in [6, 6.07) is 8.02. The largest absolute Gasteiger partial charge is 0.497 e. The van der Waals surface area contributed by atoms with Gasteiger partial charge in [-0.3, -0.25) is 0 Å². The molecule has 0 aliphatic carbocycles. The first-order valence-corrected chi connectivity index (χ1v) is 10.6. The van der Waals surface area contributed by atoms with E-state index >= 15 is 0 Å². The first-order chi connectivity index (χ1) is 13.5. The van der Waals surface area contributed by atoms with Gasteiger partial charge in [-0.1, -0.05) is 20.8 Å². The number of pyridine rings is 1. The van der Waals surface area contributed by atoms with Crippen molar-refractivity contribution in [3.8, 4) is 5.75 Å². The smallest absolute Gasteiger partial charge is 0.332 e. The number of nitrogens with zero attached hydrogens (tertiary/aromatic N) is 2. The quantitative estimate of drug-likeness (QED) is 0.751. The fourth-order valence-corrected chi connectivity index (χ4v) is 4.67. The van der Waals surface area contributed by atoms with E-state index in [1.165, 1.54) is 29.7 Å². The van der Waals surface area contributed by atoms with Crippen LogP contribution in [0.5, 0.6) is 5.75 Å². The minimum Gasteiger partial charge on any atom is -0.497 e. The summed E-state index contributed by atoms with van der Waals surface area (Å²) in [7, 11) is -2.22. The third kappa shape index (κ3) is 4.12. The van der Waals surface area contributed by atoms with Gasteiger partial charge in [-0.25, -0.2) is 22.5 Å². The molecule has 1 N–H and O–H groups in total. The van der Waals surface area contributed by atoms with E-state index in [0.717, 1.165) is 5.56 Å². The van der Waals surface area contributed by atoms with Crippen molar-refractivity contribution in [2.75, 3.05) is 18.0 Å². The second-order valence-electron chi connectivity index (χ2n) is 7.87. The lowest BCUT2D eigenvalue weighted by Gasteiger charge is -2.20. The number of hydrogen-bond donors (Lipinski definition) is 1. The molecule has 8 heteroatoms. The number of rotatable bonds is 5. The molecule has 1 aromatic carbocycles. The monoisotopic (exact) mass is 416 g/mol. The van der Waals surface area contributed by atoms with Gasteiger partial charge in [-0.05, 0) is 59.4 Å². The third-order valence-corrected chi connectivity index (χ3v) is 6.59. The van der Waals surface area contributed by atoms with Gasteiger partial charge in [0.25, 0.3) is 10.0 Å². The SMILES string of the molecule is COc1ccc(S(=O)(=O)N2CCc3cc(C=C(C(=O)O)C(C)(C)C)cnc32)cc1. The van der Waals surface area contributed by atoms with Crippen molar-refractivity contribution in [1.29, 1.82) is 0 Å². The molecule has 1 aliphatic heterocycles. The number of hydrogen-bond acceptors (Lipinski definition) is 5. The second-order valence-corrected chi connectivity index (χ2v) is 9.73. The Morgan fingerprint density at radius 1 is 1.24 bits per heavy atom. The van der Waals surface area contributed by atoms with Crippen molar-refractivity contribution in [3.05, 3.63) is 53.2 Å². The first-order valence-electron chi connectivity index (χ1n) is 9.15. The van der Waals surface area contributed by atoms with Crippen LogP contribution < -0.4 is 9.04 Å². The third-order valence-electron chi connectivity index (χ3n) is 4.78. The normalized spacial score (nSPS) is 14.6. The van der Waals surface area contributed by atoms with Crippen LogP contribution in [0.3, 0.4) is 0 Å². The number of anilines is 1. The number of fused-ring (bicyclic) bond motifs is 1. The van der Waals surface area contributed by atoms with E-state index in [1.807, 2.05) is 20.8 Å². The Balaban J connectivity index is 1.95. The van der Waals surface area contributed by atoms with Crippen molar-refractivity contribution in [2.45, 2.75) is 32.1 Å². The van der Waals surface area contributed by atoms with Crippen molar-refractivity contribution >= 4 is 27.9 Å². The van der Waals surface area contributed by atoms with Crippen LogP contribution in [0, 0.1) is 5.41 Å². The zero-order valence-electron chi connectivity index (χ0n) is 16.8. The number of methoxy groups -OCH3 is 1. The molecule has 0 radical (unpaired) electrons. The molecule has 0 bridgehead atoms. The molecule has 0 spiro atoms. The molecule has 1 aromatic heterocycles. The van der Waals surface area contributed by atoms with Crippen LogP contribution in [0.15, 0.2) is 47.0 Å². The number of aliphatic carboxylic acids is 1. The van der Waals surface area contributed by atoms with E-state index in [-0.39, 0.29) is 17.0 Å². The summed E-state index contributed by atoms with van der Waals surface area (Å²) < 4.78 is 32.4. The number of benzene rings is 1. The molecular weight excluding hydrogens is 392 g/mol. The fourth-order valence-electron chi connectivity index (χ4n) is 3.21. The summed E-state index contributed by atoms with van der Waals surface area (Å²) in [4.78, 5) is 16.1. The topological polar surface area (TPSA) is 96.8 Å². The molecule has 0 unspecified atom stereocenters. The summed E-state index contributed by atoms with van der Waals surface area (Å²) in [5.41, 5.74) is 1.14. The molecule has 154 valence electrons. The Kier molecular flexibility index (Phi) is 5.40. The number of ether oxygens (including phenoxy) is 1. The average molecular weight is 416 g/mol. The second kappa shape index (κ2) is 7.51. The fraction of sp³-hybridized carbons (Fsp3) is 0.333. The molecule has 0 amide bonds. The number of carbonyl (C=O) groups is 1. The van der Waals surface area contributed by atoms with E-state index in [0.29, 0.717) is 23.6 Å². The van der Waals surface area contributed by atoms with E-state index in [9.17, 15) is 18.3 Å². The Labute approximate surface area is 170 Å². The summed E-state index contributed by atoms with van der Waals surface area (Å²) >= 11 is 0. The predicted molar refractivity (Wildman–Crippen MR) is 111 cm³/mol. The van der Waals surface area contributed by atoms with Crippen molar-refractivity contribution in [1.82, 2.24) is 4.98 Å². The Morgan fingerprint density at radius 2 is 1.90 bits per heavy atom. The highest BCUT2D eigenvalue weighted by Crippen LogP contribution is 2.33. The lowest BCUT2D eigenvalue weighted by molar-refractivity contribution is -0.133. The summed E-state index contributed by atoms with van der Waals surface area (Å²) in [6.45, 7) is 5.78.